The lowest BCUT2D eigenvalue weighted by atomic mass is 10.0. The van der Waals surface area contributed by atoms with E-state index in [9.17, 15) is 0 Å². The molecule has 1 aliphatic carbocycles. The first-order chi connectivity index (χ1) is 9.56. The highest BCUT2D eigenvalue weighted by molar-refractivity contribution is 7.15. The van der Waals surface area contributed by atoms with Crippen LogP contribution in [0.5, 0.6) is 0 Å². The van der Waals surface area contributed by atoms with Crippen molar-refractivity contribution >= 4 is 16.5 Å². The summed E-state index contributed by atoms with van der Waals surface area (Å²) in [5.74, 6) is 2.35. The number of nitrogens with one attached hydrogen (secondary N) is 1. The topological polar surface area (TPSA) is 28.2 Å². The summed E-state index contributed by atoms with van der Waals surface area (Å²) in [7, 11) is 2.20. The molecule has 3 atom stereocenters. The average Bonchev–Trinajstić information content (AvgIpc) is 2.97. The molecule has 0 aromatic carbocycles. The summed E-state index contributed by atoms with van der Waals surface area (Å²) >= 11 is 1.87. The molecular weight excluding hydrogens is 266 g/mol. The molecule has 1 aromatic heterocycles. The largest absolute Gasteiger partial charge is 0.351 e. The Bertz CT molecular complexity index is 429. The molecule has 0 radical (unpaired) electrons. The Morgan fingerprint density at radius 3 is 2.70 bits per heavy atom. The van der Waals surface area contributed by atoms with Gasteiger partial charge in [0.15, 0.2) is 5.13 Å². The minimum absolute atomic E-state index is 0.557. The van der Waals surface area contributed by atoms with Gasteiger partial charge in [-0.05, 0) is 37.1 Å². The fourth-order valence-electron chi connectivity index (χ4n) is 2.54. The Kier molecular flexibility index (Phi) is 5.44. The number of nitrogens with zero attached hydrogens (tertiary/aromatic N) is 2. The molecule has 0 aliphatic heterocycles. The Morgan fingerprint density at radius 1 is 1.45 bits per heavy atom. The number of hydrogen-bond donors (Lipinski definition) is 1. The minimum atomic E-state index is 0.557. The summed E-state index contributed by atoms with van der Waals surface area (Å²) in [6.07, 6.45) is 2.55. The lowest BCUT2D eigenvalue weighted by molar-refractivity contribution is 0.675. The molecule has 2 rings (SSSR count). The zero-order valence-electron chi connectivity index (χ0n) is 13.6. The van der Waals surface area contributed by atoms with Crippen LogP contribution in [0.4, 0.5) is 5.13 Å². The summed E-state index contributed by atoms with van der Waals surface area (Å²) in [4.78, 5) is 8.73. The van der Waals surface area contributed by atoms with Gasteiger partial charge in [0, 0.05) is 25.0 Å². The fraction of sp³-hybridized carbons (Fsp3) is 0.812. The summed E-state index contributed by atoms with van der Waals surface area (Å²) in [5, 5.41) is 4.65. The highest BCUT2D eigenvalue weighted by Crippen LogP contribution is 2.40. The van der Waals surface area contributed by atoms with Crippen LogP contribution in [0.3, 0.4) is 0 Å². The summed E-state index contributed by atoms with van der Waals surface area (Å²) in [6, 6.07) is 0. The molecule has 0 spiro atoms. The molecule has 1 aliphatic rings. The van der Waals surface area contributed by atoms with Crippen molar-refractivity contribution in [2.45, 2.75) is 53.0 Å². The molecule has 1 fully saturated rings. The third-order valence-corrected chi connectivity index (χ3v) is 5.63. The number of aromatic nitrogens is 1. The van der Waals surface area contributed by atoms with Gasteiger partial charge in [-0.2, -0.15) is 0 Å². The normalized spacial score (nSPS) is 22.9. The molecule has 0 amide bonds. The van der Waals surface area contributed by atoms with Gasteiger partial charge in [-0.15, -0.1) is 11.3 Å². The van der Waals surface area contributed by atoms with Crippen LogP contribution in [0.2, 0.25) is 0 Å². The van der Waals surface area contributed by atoms with Crippen molar-refractivity contribution in [2.75, 3.05) is 25.0 Å². The maximum Gasteiger partial charge on any atom is 0.185 e. The first-order valence-electron chi connectivity index (χ1n) is 7.98. The highest BCUT2D eigenvalue weighted by Gasteiger charge is 2.34. The molecule has 1 N–H and O–H groups in total. The van der Waals surface area contributed by atoms with E-state index in [-0.39, 0.29) is 0 Å². The molecule has 1 heterocycles. The third-order valence-electron chi connectivity index (χ3n) is 4.44. The molecular formula is C16H29N3S. The average molecular weight is 295 g/mol. The van der Waals surface area contributed by atoms with Gasteiger partial charge in [-0.3, -0.25) is 0 Å². The molecule has 0 bridgehead atoms. The Balaban J connectivity index is 2.09. The van der Waals surface area contributed by atoms with Gasteiger partial charge in [-0.1, -0.05) is 27.7 Å². The van der Waals surface area contributed by atoms with E-state index in [0.29, 0.717) is 5.92 Å². The van der Waals surface area contributed by atoms with Crippen LogP contribution in [0.1, 0.15) is 57.0 Å². The van der Waals surface area contributed by atoms with Gasteiger partial charge >= 0.3 is 0 Å². The Labute approximate surface area is 127 Å². The van der Waals surface area contributed by atoms with Crippen LogP contribution in [-0.4, -0.2) is 25.1 Å². The van der Waals surface area contributed by atoms with E-state index in [0.717, 1.165) is 37.9 Å². The summed E-state index contributed by atoms with van der Waals surface area (Å²) < 4.78 is 0. The molecule has 3 nitrogen and oxygen atoms in total. The van der Waals surface area contributed by atoms with Crippen molar-refractivity contribution < 1.29 is 0 Å². The first kappa shape index (κ1) is 15.8. The smallest absolute Gasteiger partial charge is 0.185 e. The van der Waals surface area contributed by atoms with Crippen LogP contribution in [0.25, 0.3) is 0 Å². The van der Waals surface area contributed by atoms with Gasteiger partial charge in [0.1, 0.15) is 0 Å². The molecule has 20 heavy (non-hydrogen) atoms. The van der Waals surface area contributed by atoms with E-state index in [1.165, 1.54) is 22.1 Å². The predicted octanol–water partition coefficient (Wildman–Crippen LogP) is 3.86. The quantitative estimate of drug-likeness (QED) is 0.789. The Hall–Kier alpha value is -0.610. The molecule has 114 valence electrons. The SMILES string of the molecule is CCNCc1sc(N(C)CC2CC2C)nc1C(C)CC. The number of thiazole rings is 1. The highest BCUT2D eigenvalue weighted by atomic mass is 32.1. The predicted molar refractivity (Wildman–Crippen MR) is 88.7 cm³/mol. The van der Waals surface area contributed by atoms with Crippen molar-refractivity contribution in [1.82, 2.24) is 10.3 Å². The second-order valence-corrected chi connectivity index (χ2v) is 7.31. The molecule has 0 saturated heterocycles. The third kappa shape index (κ3) is 3.73. The van der Waals surface area contributed by atoms with E-state index in [4.69, 9.17) is 4.98 Å². The van der Waals surface area contributed by atoms with E-state index >= 15 is 0 Å². The van der Waals surface area contributed by atoms with Crippen LogP contribution in [0.15, 0.2) is 0 Å². The minimum Gasteiger partial charge on any atom is -0.351 e. The van der Waals surface area contributed by atoms with E-state index in [1.54, 1.807) is 0 Å². The van der Waals surface area contributed by atoms with Crippen molar-refractivity contribution in [3.8, 4) is 0 Å². The summed E-state index contributed by atoms with van der Waals surface area (Å²) in [6.45, 7) is 12.2. The number of anilines is 1. The van der Waals surface area contributed by atoms with Crippen LogP contribution in [-0.2, 0) is 6.54 Å². The van der Waals surface area contributed by atoms with Gasteiger partial charge < -0.3 is 10.2 Å². The van der Waals surface area contributed by atoms with Crippen LogP contribution in [0, 0.1) is 11.8 Å². The zero-order chi connectivity index (χ0) is 14.7. The standard InChI is InChI=1S/C16H29N3S/c1-6-11(3)15-14(9-17-7-2)20-16(18-15)19(5)10-13-8-12(13)4/h11-13,17H,6-10H2,1-5H3. The van der Waals surface area contributed by atoms with Crippen molar-refractivity contribution in [3.05, 3.63) is 10.6 Å². The van der Waals surface area contributed by atoms with Gasteiger partial charge in [-0.25, -0.2) is 4.98 Å². The van der Waals surface area contributed by atoms with Crippen molar-refractivity contribution in [3.63, 3.8) is 0 Å². The first-order valence-corrected chi connectivity index (χ1v) is 8.79. The maximum absolute atomic E-state index is 4.94. The lowest BCUT2D eigenvalue weighted by Crippen LogP contribution is -2.20. The number of rotatable bonds is 8. The van der Waals surface area contributed by atoms with Gasteiger partial charge in [0.2, 0.25) is 0 Å². The Morgan fingerprint density at radius 2 is 2.15 bits per heavy atom. The van der Waals surface area contributed by atoms with Crippen LogP contribution < -0.4 is 10.2 Å². The fourth-order valence-corrected chi connectivity index (χ4v) is 3.66. The zero-order valence-corrected chi connectivity index (χ0v) is 14.4. The van der Waals surface area contributed by atoms with E-state index < -0.39 is 0 Å². The molecule has 4 heteroatoms. The monoisotopic (exact) mass is 295 g/mol. The van der Waals surface area contributed by atoms with E-state index in [1.807, 2.05) is 11.3 Å². The van der Waals surface area contributed by atoms with Gasteiger partial charge in [0.05, 0.1) is 5.69 Å². The van der Waals surface area contributed by atoms with Crippen LogP contribution >= 0.6 is 11.3 Å². The van der Waals surface area contributed by atoms with Gasteiger partial charge in [0.25, 0.3) is 0 Å². The second-order valence-electron chi connectivity index (χ2n) is 6.25. The van der Waals surface area contributed by atoms with Crippen molar-refractivity contribution in [1.29, 1.82) is 0 Å². The molecule has 3 unspecified atom stereocenters. The molecule has 1 aromatic rings. The number of hydrogen-bond acceptors (Lipinski definition) is 4. The second kappa shape index (κ2) is 6.90. The van der Waals surface area contributed by atoms with E-state index in [2.05, 4.69) is 45.0 Å². The maximum atomic E-state index is 4.94. The van der Waals surface area contributed by atoms with Crippen molar-refractivity contribution in [2.24, 2.45) is 11.8 Å². The molecule has 1 saturated carbocycles. The lowest BCUT2D eigenvalue weighted by Gasteiger charge is -2.15. The summed E-state index contributed by atoms with van der Waals surface area (Å²) in [5.41, 5.74) is 1.31.